The summed E-state index contributed by atoms with van der Waals surface area (Å²) >= 11 is 0. The van der Waals surface area contributed by atoms with Crippen LogP contribution in [0, 0.1) is 5.92 Å². The van der Waals surface area contributed by atoms with Crippen LogP contribution in [-0.4, -0.2) is 47.4 Å². The molecule has 0 atom stereocenters. The molecule has 0 aliphatic carbocycles. The van der Waals surface area contributed by atoms with Gasteiger partial charge in [0.15, 0.2) is 0 Å². The fourth-order valence-electron chi connectivity index (χ4n) is 0.321. The summed E-state index contributed by atoms with van der Waals surface area (Å²) < 4.78 is 22.9. The van der Waals surface area contributed by atoms with Crippen LogP contribution < -0.4 is 0 Å². The van der Waals surface area contributed by atoms with Crippen LogP contribution in [0.4, 0.5) is 8.78 Å². The van der Waals surface area contributed by atoms with Crippen LogP contribution in [0.15, 0.2) is 0 Å². The van der Waals surface area contributed by atoms with E-state index in [1.54, 1.807) is 0 Å². The third kappa shape index (κ3) is 3.96. The van der Waals surface area contributed by atoms with E-state index in [1.807, 2.05) is 0 Å². The minimum absolute atomic E-state index is 0. The monoisotopic (exact) mass is 162 g/mol. The van der Waals surface area contributed by atoms with Crippen LogP contribution in [0.5, 0.6) is 0 Å². The second kappa shape index (κ2) is 5.10. The Labute approximate surface area is 72.4 Å². The summed E-state index contributed by atoms with van der Waals surface area (Å²) in [5, 5.41) is 15.7. The molecule has 7 heteroatoms. The second-order valence-corrected chi connectivity index (χ2v) is 1.49. The van der Waals surface area contributed by atoms with Gasteiger partial charge in [-0.2, -0.15) is 0 Å². The molecule has 2 N–H and O–H groups in total. The van der Waals surface area contributed by atoms with Crippen LogP contribution in [0.2, 0.25) is 0 Å². The molecule has 0 fully saturated rings. The van der Waals surface area contributed by atoms with Gasteiger partial charge in [0, 0.05) is 0 Å². The van der Waals surface area contributed by atoms with E-state index >= 15 is 0 Å². The van der Waals surface area contributed by atoms with Crippen molar-refractivity contribution in [1.29, 1.82) is 0 Å². The first-order valence-corrected chi connectivity index (χ1v) is 2.20. The van der Waals surface area contributed by atoms with Gasteiger partial charge in [0.2, 0.25) is 5.92 Å². The molecule has 0 heterocycles. The van der Waals surface area contributed by atoms with Gasteiger partial charge >= 0.3 is 30.8 Å². The van der Waals surface area contributed by atoms with Crippen molar-refractivity contribution in [2.45, 2.75) is 6.43 Å². The van der Waals surface area contributed by atoms with E-state index < -0.39 is 24.3 Å². The number of carbonyl (C=O) groups is 2. The third-order valence-corrected chi connectivity index (χ3v) is 0.784. The average Bonchev–Trinajstić information content (AvgIpc) is 1.59. The molecule has 0 saturated carbocycles. The maximum absolute atomic E-state index is 11.4. The molecular formula is C4H5F2LiO4. The zero-order valence-corrected chi connectivity index (χ0v) is 4.62. The van der Waals surface area contributed by atoms with Gasteiger partial charge in [-0.3, -0.25) is 9.59 Å². The zero-order valence-electron chi connectivity index (χ0n) is 4.62. The fraction of sp³-hybridized carbons (Fsp3) is 0.500. The first-order valence-electron chi connectivity index (χ1n) is 2.20. The van der Waals surface area contributed by atoms with Crippen LogP contribution in [0.25, 0.3) is 0 Å². The summed E-state index contributed by atoms with van der Waals surface area (Å²) in [7, 11) is 0. The SMILES string of the molecule is O=C(O)C(C(=O)O)C(F)F.[LiH]. The van der Waals surface area contributed by atoms with Crippen molar-refractivity contribution in [2.75, 3.05) is 0 Å². The molecule has 0 saturated heterocycles. The summed E-state index contributed by atoms with van der Waals surface area (Å²) in [6, 6.07) is 0. The normalized spacial score (nSPS) is 9.45. The Hall–Kier alpha value is -0.603. The Bertz CT molecular complexity index is 146. The molecule has 0 aromatic carbocycles. The van der Waals surface area contributed by atoms with Crippen LogP contribution in [-0.2, 0) is 9.59 Å². The average molecular weight is 162 g/mol. The summed E-state index contributed by atoms with van der Waals surface area (Å²) in [5.74, 6) is -6.66. The molecule has 0 spiro atoms. The first kappa shape index (κ1) is 13.0. The quantitative estimate of drug-likeness (QED) is 0.428. The van der Waals surface area contributed by atoms with Crippen molar-refractivity contribution in [3.05, 3.63) is 0 Å². The second-order valence-electron chi connectivity index (χ2n) is 1.49. The predicted octanol–water partition coefficient (Wildman–Crippen LogP) is -0.612. The van der Waals surface area contributed by atoms with Gasteiger partial charge in [-0.1, -0.05) is 0 Å². The summed E-state index contributed by atoms with van der Waals surface area (Å²) in [5.41, 5.74) is 0. The van der Waals surface area contributed by atoms with Gasteiger partial charge < -0.3 is 10.2 Å². The molecule has 0 aromatic heterocycles. The van der Waals surface area contributed by atoms with Crippen LogP contribution >= 0.6 is 0 Å². The number of alkyl halides is 2. The van der Waals surface area contributed by atoms with E-state index in [2.05, 4.69) is 0 Å². The number of rotatable bonds is 3. The van der Waals surface area contributed by atoms with Gasteiger partial charge in [0.1, 0.15) is 0 Å². The van der Waals surface area contributed by atoms with Gasteiger partial charge in [0.25, 0.3) is 6.43 Å². The molecule has 60 valence electrons. The van der Waals surface area contributed by atoms with Crippen molar-refractivity contribution >= 4 is 30.8 Å². The molecule has 0 bridgehead atoms. The van der Waals surface area contributed by atoms with Crippen molar-refractivity contribution in [2.24, 2.45) is 5.92 Å². The van der Waals surface area contributed by atoms with E-state index in [4.69, 9.17) is 10.2 Å². The summed E-state index contributed by atoms with van der Waals surface area (Å²) in [6.45, 7) is 0. The molecule has 0 rings (SSSR count). The Morgan fingerprint density at radius 1 is 1.09 bits per heavy atom. The molecule has 0 aromatic rings. The number of carboxylic acids is 2. The Balaban J connectivity index is 0. The molecule has 0 aliphatic rings. The number of carboxylic acid groups (broad SMARTS) is 2. The van der Waals surface area contributed by atoms with E-state index in [0.717, 1.165) is 0 Å². The minimum atomic E-state index is -3.37. The Morgan fingerprint density at radius 3 is 1.36 bits per heavy atom. The van der Waals surface area contributed by atoms with E-state index in [-0.39, 0.29) is 18.9 Å². The van der Waals surface area contributed by atoms with Gasteiger partial charge in [0.05, 0.1) is 0 Å². The van der Waals surface area contributed by atoms with E-state index in [9.17, 15) is 18.4 Å². The van der Waals surface area contributed by atoms with Crippen LogP contribution in [0.1, 0.15) is 0 Å². The number of hydrogen-bond acceptors (Lipinski definition) is 2. The van der Waals surface area contributed by atoms with Gasteiger partial charge in [-0.15, -0.1) is 0 Å². The molecule has 0 unspecified atom stereocenters. The van der Waals surface area contributed by atoms with Gasteiger partial charge in [-0.05, 0) is 0 Å². The standard InChI is InChI=1S/C4H4F2O4.Li.H/c5-2(6)1(3(7)8)4(9)10;;/h1-2H,(H,7,8)(H,9,10);;. The van der Waals surface area contributed by atoms with E-state index in [0.29, 0.717) is 0 Å². The summed E-state index contributed by atoms with van der Waals surface area (Å²) in [6.07, 6.45) is -3.37. The molecule has 0 radical (unpaired) electrons. The number of halogens is 2. The predicted molar refractivity (Wildman–Crippen MR) is 31.9 cm³/mol. The first-order chi connectivity index (χ1) is 4.46. The van der Waals surface area contributed by atoms with E-state index in [1.165, 1.54) is 0 Å². The molecule has 0 amide bonds. The van der Waals surface area contributed by atoms with Crippen molar-refractivity contribution in [3.8, 4) is 0 Å². The van der Waals surface area contributed by atoms with Crippen molar-refractivity contribution in [1.82, 2.24) is 0 Å². The molecule has 0 aliphatic heterocycles. The van der Waals surface area contributed by atoms with Crippen LogP contribution in [0.3, 0.4) is 0 Å². The number of aliphatic carboxylic acids is 2. The molecule has 4 nitrogen and oxygen atoms in total. The number of hydrogen-bond donors (Lipinski definition) is 2. The Morgan fingerprint density at radius 2 is 1.36 bits per heavy atom. The fourth-order valence-corrected chi connectivity index (χ4v) is 0.321. The maximum atomic E-state index is 11.4. The molecular weight excluding hydrogens is 157 g/mol. The van der Waals surface area contributed by atoms with Crippen molar-refractivity contribution < 1.29 is 28.6 Å². The molecule has 11 heavy (non-hydrogen) atoms. The summed E-state index contributed by atoms with van der Waals surface area (Å²) in [4.78, 5) is 19.4. The zero-order chi connectivity index (χ0) is 8.31. The third-order valence-electron chi connectivity index (χ3n) is 0.784. The van der Waals surface area contributed by atoms with Crippen molar-refractivity contribution in [3.63, 3.8) is 0 Å². The topological polar surface area (TPSA) is 74.6 Å². The van der Waals surface area contributed by atoms with Gasteiger partial charge in [-0.25, -0.2) is 8.78 Å². The Kier molecular flexibility index (Phi) is 6.04.